The van der Waals surface area contributed by atoms with E-state index in [1.54, 1.807) is 19.9 Å². The second-order valence-electron chi connectivity index (χ2n) is 6.12. The molecule has 0 bridgehead atoms. The minimum atomic E-state index is -3.95. The van der Waals surface area contributed by atoms with Gasteiger partial charge in [0.1, 0.15) is 4.90 Å². The maximum Gasteiger partial charge on any atom is 0.245 e. The molecule has 0 aromatic heterocycles. The van der Waals surface area contributed by atoms with Gasteiger partial charge in [-0.25, -0.2) is 16.8 Å². The lowest BCUT2D eigenvalue weighted by atomic mass is 10.2. The summed E-state index contributed by atoms with van der Waals surface area (Å²) in [6.45, 7) is 5.39. The SMILES string of the molecule is CCCN(C1CCS(=O)(=O)C1)S(=O)(=O)c1c(C)c(Cl)cc(C)c1Cl. The topological polar surface area (TPSA) is 71.5 Å². The minimum Gasteiger partial charge on any atom is -0.229 e. The number of aryl methyl sites for hydroxylation is 1. The van der Waals surface area contributed by atoms with Gasteiger partial charge in [0.25, 0.3) is 0 Å². The average Bonchev–Trinajstić information content (AvgIpc) is 2.82. The van der Waals surface area contributed by atoms with Gasteiger partial charge in [0, 0.05) is 17.6 Å². The Morgan fingerprint density at radius 3 is 2.42 bits per heavy atom. The Labute approximate surface area is 153 Å². The summed E-state index contributed by atoms with van der Waals surface area (Å²) in [4.78, 5) is -0.0214. The van der Waals surface area contributed by atoms with E-state index < -0.39 is 25.9 Å². The number of rotatable bonds is 5. The molecule has 0 aliphatic carbocycles. The number of sulfone groups is 1. The van der Waals surface area contributed by atoms with Crippen molar-refractivity contribution in [2.24, 2.45) is 0 Å². The normalized spacial score (nSPS) is 20.7. The van der Waals surface area contributed by atoms with Crippen LogP contribution in [0.2, 0.25) is 10.0 Å². The molecular formula is C15H21Cl2NO4S2. The standard InChI is InChI=1S/C15H21Cl2NO4S2/c1-4-6-18(12-5-7-23(19,20)9-12)24(21,22)15-11(3)13(16)8-10(2)14(15)17/h8,12H,4-7,9H2,1-3H3. The van der Waals surface area contributed by atoms with Crippen LogP contribution in [0.15, 0.2) is 11.0 Å². The van der Waals surface area contributed by atoms with Crippen LogP contribution in [0.1, 0.15) is 30.9 Å². The molecular weight excluding hydrogens is 393 g/mol. The lowest BCUT2D eigenvalue weighted by Crippen LogP contribution is -2.42. The van der Waals surface area contributed by atoms with E-state index in [1.165, 1.54) is 4.31 Å². The second kappa shape index (κ2) is 7.11. The number of halogens is 2. The van der Waals surface area contributed by atoms with Crippen LogP contribution in [-0.4, -0.2) is 45.2 Å². The highest BCUT2D eigenvalue weighted by atomic mass is 35.5. The van der Waals surface area contributed by atoms with E-state index in [1.807, 2.05) is 6.92 Å². The summed E-state index contributed by atoms with van der Waals surface area (Å²) in [6, 6.07) is 1.07. The van der Waals surface area contributed by atoms with Gasteiger partial charge < -0.3 is 0 Å². The summed E-state index contributed by atoms with van der Waals surface area (Å²) in [6.07, 6.45) is 0.879. The molecule has 24 heavy (non-hydrogen) atoms. The summed E-state index contributed by atoms with van der Waals surface area (Å²) in [7, 11) is -7.15. The summed E-state index contributed by atoms with van der Waals surface area (Å²) in [5.74, 6) is -0.142. The second-order valence-corrected chi connectivity index (χ2v) is 11.0. The zero-order valence-electron chi connectivity index (χ0n) is 13.8. The van der Waals surface area contributed by atoms with Gasteiger partial charge in [-0.15, -0.1) is 0 Å². The predicted molar refractivity (Wildman–Crippen MR) is 97.2 cm³/mol. The Morgan fingerprint density at radius 2 is 1.92 bits per heavy atom. The molecule has 1 aromatic rings. The molecule has 0 radical (unpaired) electrons. The van der Waals surface area contributed by atoms with Crippen molar-refractivity contribution in [2.45, 2.75) is 44.6 Å². The van der Waals surface area contributed by atoms with Gasteiger partial charge in [0.05, 0.1) is 16.5 Å². The third kappa shape index (κ3) is 3.75. The van der Waals surface area contributed by atoms with Crippen LogP contribution in [0.4, 0.5) is 0 Å². The highest BCUT2D eigenvalue weighted by Crippen LogP contribution is 2.36. The van der Waals surface area contributed by atoms with E-state index >= 15 is 0 Å². The summed E-state index contributed by atoms with van der Waals surface area (Å²) in [5.41, 5.74) is 0.954. The number of benzene rings is 1. The van der Waals surface area contributed by atoms with Crippen molar-refractivity contribution in [3.8, 4) is 0 Å². The molecule has 0 N–H and O–H groups in total. The van der Waals surface area contributed by atoms with Crippen LogP contribution in [0.25, 0.3) is 0 Å². The van der Waals surface area contributed by atoms with E-state index in [0.29, 0.717) is 29.0 Å². The Bertz CT molecular complexity index is 824. The third-order valence-electron chi connectivity index (χ3n) is 4.21. The van der Waals surface area contributed by atoms with E-state index in [-0.39, 0.29) is 28.0 Å². The zero-order valence-corrected chi connectivity index (χ0v) is 17.0. The lowest BCUT2D eigenvalue weighted by Gasteiger charge is -2.28. The van der Waals surface area contributed by atoms with Crippen LogP contribution in [0, 0.1) is 13.8 Å². The van der Waals surface area contributed by atoms with Gasteiger partial charge in [-0.1, -0.05) is 30.1 Å². The van der Waals surface area contributed by atoms with Gasteiger partial charge in [-0.2, -0.15) is 4.31 Å². The van der Waals surface area contributed by atoms with Crippen molar-refractivity contribution in [2.75, 3.05) is 18.1 Å². The van der Waals surface area contributed by atoms with Crippen LogP contribution in [0.3, 0.4) is 0 Å². The number of hydrogen-bond acceptors (Lipinski definition) is 4. The van der Waals surface area contributed by atoms with Crippen molar-refractivity contribution >= 4 is 43.1 Å². The van der Waals surface area contributed by atoms with E-state index in [0.717, 1.165) is 0 Å². The van der Waals surface area contributed by atoms with Crippen LogP contribution < -0.4 is 0 Å². The summed E-state index contributed by atoms with van der Waals surface area (Å²) < 4.78 is 51.4. The van der Waals surface area contributed by atoms with Gasteiger partial charge in [-0.05, 0) is 43.9 Å². The molecule has 1 heterocycles. The number of hydrogen-bond donors (Lipinski definition) is 0. The van der Waals surface area contributed by atoms with Crippen LogP contribution >= 0.6 is 23.2 Å². The first kappa shape index (κ1) is 20.0. The molecule has 1 atom stereocenters. The Balaban J connectivity index is 2.59. The molecule has 9 heteroatoms. The first-order valence-corrected chi connectivity index (χ1v) is 11.7. The Kier molecular flexibility index (Phi) is 5.92. The molecule has 1 aromatic carbocycles. The predicted octanol–water partition coefficient (Wildman–Crippen LogP) is 3.20. The monoisotopic (exact) mass is 413 g/mol. The molecule has 1 aliphatic rings. The maximum absolute atomic E-state index is 13.3. The molecule has 1 saturated heterocycles. The van der Waals surface area contributed by atoms with Crippen LogP contribution in [0.5, 0.6) is 0 Å². The van der Waals surface area contributed by atoms with Crippen molar-refractivity contribution in [1.82, 2.24) is 4.31 Å². The molecule has 1 fully saturated rings. The molecule has 0 spiro atoms. The van der Waals surface area contributed by atoms with Crippen molar-refractivity contribution in [3.05, 3.63) is 27.2 Å². The smallest absolute Gasteiger partial charge is 0.229 e. The number of nitrogens with zero attached hydrogens (tertiary/aromatic N) is 1. The molecule has 0 amide bonds. The van der Waals surface area contributed by atoms with E-state index in [4.69, 9.17) is 23.2 Å². The fraction of sp³-hybridized carbons (Fsp3) is 0.600. The van der Waals surface area contributed by atoms with Gasteiger partial charge in [0.15, 0.2) is 9.84 Å². The van der Waals surface area contributed by atoms with Crippen molar-refractivity contribution in [3.63, 3.8) is 0 Å². The first-order chi connectivity index (χ1) is 11.0. The summed E-state index contributed by atoms with van der Waals surface area (Å²) >= 11 is 12.4. The molecule has 136 valence electrons. The van der Waals surface area contributed by atoms with E-state index in [9.17, 15) is 16.8 Å². The van der Waals surface area contributed by atoms with Crippen LogP contribution in [-0.2, 0) is 19.9 Å². The quantitative estimate of drug-likeness (QED) is 0.742. The Morgan fingerprint density at radius 1 is 1.29 bits per heavy atom. The molecule has 0 saturated carbocycles. The third-order valence-corrected chi connectivity index (χ3v) is 9.08. The number of sulfonamides is 1. The van der Waals surface area contributed by atoms with Gasteiger partial charge >= 0.3 is 0 Å². The maximum atomic E-state index is 13.3. The fourth-order valence-corrected chi connectivity index (χ4v) is 7.70. The first-order valence-electron chi connectivity index (χ1n) is 7.68. The van der Waals surface area contributed by atoms with Crippen molar-refractivity contribution < 1.29 is 16.8 Å². The highest BCUT2D eigenvalue weighted by Gasteiger charge is 2.40. The molecule has 1 aliphatic heterocycles. The molecule has 2 rings (SSSR count). The van der Waals surface area contributed by atoms with Crippen molar-refractivity contribution in [1.29, 1.82) is 0 Å². The lowest BCUT2D eigenvalue weighted by molar-refractivity contribution is 0.340. The van der Waals surface area contributed by atoms with Gasteiger partial charge in [-0.3, -0.25) is 0 Å². The summed E-state index contributed by atoms with van der Waals surface area (Å²) in [5, 5.41) is 0.463. The molecule has 5 nitrogen and oxygen atoms in total. The highest BCUT2D eigenvalue weighted by molar-refractivity contribution is 7.92. The minimum absolute atomic E-state index is 0.00862. The van der Waals surface area contributed by atoms with Gasteiger partial charge in [0.2, 0.25) is 10.0 Å². The van der Waals surface area contributed by atoms with E-state index in [2.05, 4.69) is 0 Å². The largest absolute Gasteiger partial charge is 0.245 e. The molecule has 1 unspecified atom stereocenters. The average molecular weight is 414 g/mol. The Hall–Kier alpha value is -0.340. The fourth-order valence-electron chi connectivity index (χ4n) is 2.96. The zero-order chi connectivity index (χ0) is 18.3.